The van der Waals surface area contributed by atoms with Gasteiger partial charge < -0.3 is 10.1 Å². The van der Waals surface area contributed by atoms with E-state index in [1.54, 1.807) is 7.11 Å². The van der Waals surface area contributed by atoms with Crippen LogP contribution in [0.1, 0.15) is 26.7 Å². The Morgan fingerprint density at radius 1 is 1.53 bits per heavy atom. The third kappa shape index (κ3) is 2.44. The SMILES string of the molecule is COCC1(C2CC2)NC(=NCC(C)C)NC1=O. The molecule has 1 saturated heterocycles. The first-order valence-electron chi connectivity index (χ1n) is 6.21. The number of carbonyl (C=O) groups excluding carboxylic acids is 1. The highest BCUT2D eigenvalue weighted by Gasteiger charge is 2.55. The maximum atomic E-state index is 12.1. The van der Waals surface area contributed by atoms with Crippen molar-refractivity contribution < 1.29 is 9.53 Å². The molecular formula is C12H21N3O2. The summed E-state index contributed by atoms with van der Waals surface area (Å²) >= 11 is 0. The number of amides is 1. The van der Waals surface area contributed by atoms with E-state index >= 15 is 0 Å². The zero-order valence-electron chi connectivity index (χ0n) is 10.7. The van der Waals surface area contributed by atoms with Gasteiger partial charge in [-0.2, -0.15) is 0 Å². The van der Waals surface area contributed by atoms with E-state index in [-0.39, 0.29) is 5.91 Å². The van der Waals surface area contributed by atoms with Crippen LogP contribution >= 0.6 is 0 Å². The van der Waals surface area contributed by atoms with Crippen LogP contribution in [0.5, 0.6) is 0 Å². The van der Waals surface area contributed by atoms with Crippen molar-refractivity contribution >= 4 is 11.9 Å². The van der Waals surface area contributed by atoms with Gasteiger partial charge in [-0.05, 0) is 24.7 Å². The molecule has 1 unspecified atom stereocenters. The predicted molar refractivity (Wildman–Crippen MR) is 65.7 cm³/mol. The highest BCUT2D eigenvalue weighted by Crippen LogP contribution is 2.41. The minimum absolute atomic E-state index is 0.00403. The van der Waals surface area contributed by atoms with E-state index in [1.807, 2.05) is 0 Å². The maximum absolute atomic E-state index is 12.1. The van der Waals surface area contributed by atoms with E-state index in [0.717, 1.165) is 19.4 Å². The highest BCUT2D eigenvalue weighted by atomic mass is 16.5. The molecule has 2 rings (SSSR count). The Morgan fingerprint density at radius 2 is 2.24 bits per heavy atom. The number of nitrogens with zero attached hydrogens (tertiary/aromatic N) is 1. The van der Waals surface area contributed by atoms with Crippen LogP contribution in [0.3, 0.4) is 0 Å². The molecule has 1 amide bonds. The fraction of sp³-hybridized carbons (Fsp3) is 0.833. The number of guanidine groups is 1. The molecule has 1 atom stereocenters. The predicted octanol–water partition coefficient (Wildman–Crippen LogP) is 0.513. The molecule has 17 heavy (non-hydrogen) atoms. The molecule has 0 spiro atoms. The van der Waals surface area contributed by atoms with Gasteiger partial charge in [0, 0.05) is 13.7 Å². The van der Waals surface area contributed by atoms with Gasteiger partial charge in [0.2, 0.25) is 0 Å². The number of ether oxygens (including phenoxy) is 1. The third-order valence-corrected chi connectivity index (χ3v) is 3.24. The van der Waals surface area contributed by atoms with Gasteiger partial charge in [-0.1, -0.05) is 13.8 Å². The Balaban J connectivity index is 2.09. The maximum Gasteiger partial charge on any atom is 0.255 e. The van der Waals surface area contributed by atoms with Crippen LogP contribution in [-0.2, 0) is 9.53 Å². The third-order valence-electron chi connectivity index (χ3n) is 3.24. The fourth-order valence-corrected chi connectivity index (χ4v) is 2.18. The summed E-state index contributed by atoms with van der Waals surface area (Å²) in [6.07, 6.45) is 2.17. The Kier molecular flexibility index (Phi) is 3.38. The summed E-state index contributed by atoms with van der Waals surface area (Å²) in [5, 5.41) is 6.06. The standard InChI is InChI=1S/C12H21N3O2/c1-8(2)6-13-11-14-10(16)12(15-11,7-17-3)9-4-5-9/h8-9H,4-7H2,1-3H3,(H2,13,14,15,16). The van der Waals surface area contributed by atoms with Crippen LogP contribution in [0, 0.1) is 11.8 Å². The molecule has 1 aliphatic carbocycles. The number of aliphatic imine (C=N–C) groups is 1. The Morgan fingerprint density at radius 3 is 2.76 bits per heavy atom. The number of rotatable bonds is 5. The topological polar surface area (TPSA) is 62.7 Å². The Hall–Kier alpha value is -1.10. The molecule has 96 valence electrons. The summed E-state index contributed by atoms with van der Waals surface area (Å²) in [6, 6.07) is 0. The molecule has 0 aromatic carbocycles. The Bertz CT molecular complexity index is 337. The summed E-state index contributed by atoms with van der Waals surface area (Å²) in [5.74, 6) is 1.48. The molecule has 1 saturated carbocycles. The lowest BCUT2D eigenvalue weighted by Gasteiger charge is -2.25. The number of hydrogen-bond acceptors (Lipinski definition) is 3. The van der Waals surface area contributed by atoms with Gasteiger partial charge in [-0.3, -0.25) is 15.1 Å². The second kappa shape index (κ2) is 4.64. The average Bonchev–Trinajstić information content (AvgIpc) is 3.05. The summed E-state index contributed by atoms with van der Waals surface area (Å²) < 4.78 is 5.20. The van der Waals surface area contributed by atoms with E-state index in [2.05, 4.69) is 29.5 Å². The first-order chi connectivity index (χ1) is 8.08. The quantitative estimate of drug-likeness (QED) is 0.735. The number of nitrogens with one attached hydrogen (secondary N) is 2. The van der Waals surface area contributed by atoms with E-state index in [1.165, 1.54) is 0 Å². The molecule has 0 aromatic rings. The van der Waals surface area contributed by atoms with Gasteiger partial charge in [0.05, 0.1) is 6.61 Å². The lowest BCUT2D eigenvalue weighted by molar-refractivity contribution is -0.126. The molecule has 0 aromatic heterocycles. The van der Waals surface area contributed by atoms with Crippen molar-refractivity contribution in [2.75, 3.05) is 20.3 Å². The number of carbonyl (C=O) groups is 1. The van der Waals surface area contributed by atoms with Crippen molar-refractivity contribution in [2.45, 2.75) is 32.2 Å². The number of methoxy groups -OCH3 is 1. The van der Waals surface area contributed by atoms with Crippen molar-refractivity contribution in [3.8, 4) is 0 Å². The molecule has 0 radical (unpaired) electrons. The molecule has 2 aliphatic rings. The van der Waals surface area contributed by atoms with Crippen LogP contribution in [0.4, 0.5) is 0 Å². The summed E-state index contributed by atoms with van der Waals surface area (Å²) in [6.45, 7) is 5.33. The van der Waals surface area contributed by atoms with Crippen molar-refractivity contribution in [3.05, 3.63) is 0 Å². The largest absolute Gasteiger partial charge is 0.382 e. The van der Waals surface area contributed by atoms with E-state index in [9.17, 15) is 4.79 Å². The Labute approximate surface area is 102 Å². The molecule has 5 nitrogen and oxygen atoms in total. The van der Waals surface area contributed by atoms with Crippen LogP contribution in [0.25, 0.3) is 0 Å². The molecular weight excluding hydrogens is 218 g/mol. The zero-order valence-corrected chi connectivity index (χ0v) is 10.7. The lowest BCUT2D eigenvalue weighted by Crippen LogP contribution is -2.52. The second-order valence-corrected chi connectivity index (χ2v) is 5.34. The summed E-state index contributed by atoms with van der Waals surface area (Å²) in [5.41, 5.74) is -0.579. The lowest BCUT2D eigenvalue weighted by atomic mass is 9.95. The molecule has 1 aliphatic heterocycles. The highest BCUT2D eigenvalue weighted by molar-refractivity contribution is 6.09. The normalized spacial score (nSPS) is 30.8. The molecule has 5 heteroatoms. The molecule has 2 fully saturated rings. The monoisotopic (exact) mass is 239 g/mol. The smallest absolute Gasteiger partial charge is 0.255 e. The number of hydrogen-bond donors (Lipinski definition) is 2. The van der Waals surface area contributed by atoms with Crippen molar-refractivity contribution in [3.63, 3.8) is 0 Å². The average molecular weight is 239 g/mol. The van der Waals surface area contributed by atoms with Gasteiger partial charge in [-0.15, -0.1) is 0 Å². The van der Waals surface area contributed by atoms with Crippen LogP contribution < -0.4 is 10.6 Å². The van der Waals surface area contributed by atoms with Gasteiger partial charge in [0.25, 0.3) is 5.91 Å². The first kappa shape index (κ1) is 12.4. The zero-order chi connectivity index (χ0) is 12.5. The minimum atomic E-state index is -0.579. The fourth-order valence-electron chi connectivity index (χ4n) is 2.18. The van der Waals surface area contributed by atoms with Crippen LogP contribution in [0.2, 0.25) is 0 Å². The van der Waals surface area contributed by atoms with Gasteiger partial charge in [0.15, 0.2) is 5.96 Å². The van der Waals surface area contributed by atoms with Gasteiger partial charge in [0.1, 0.15) is 5.54 Å². The molecule has 2 N–H and O–H groups in total. The van der Waals surface area contributed by atoms with Crippen molar-refractivity contribution in [2.24, 2.45) is 16.8 Å². The molecule has 0 bridgehead atoms. The van der Waals surface area contributed by atoms with Crippen LogP contribution in [0.15, 0.2) is 4.99 Å². The van der Waals surface area contributed by atoms with E-state index in [4.69, 9.17) is 4.74 Å². The van der Waals surface area contributed by atoms with Crippen LogP contribution in [-0.4, -0.2) is 37.7 Å². The van der Waals surface area contributed by atoms with Crippen molar-refractivity contribution in [1.82, 2.24) is 10.6 Å². The van der Waals surface area contributed by atoms with Gasteiger partial charge >= 0.3 is 0 Å². The van der Waals surface area contributed by atoms with E-state index in [0.29, 0.717) is 24.4 Å². The van der Waals surface area contributed by atoms with Gasteiger partial charge in [-0.25, -0.2) is 0 Å². The molecule has 1 heterocycles. The second-order valence-electron chi connectivity index (χ2n) is 5.34. The summed E-state index contributed by atoms with van der Waals surface area (Å²) in [7, 11) is 1.63. The summed E-state index contributed by atoms with van der Waals surface area (Å²) in [4.78, 5) is 16.5. The minimum Gasteiger partial charge on any atom is -0.382 e. The first-order valence-corrected chi connectivity index (χ1v) is 6.21. The van der Waals surface area contributed by atoms with Crippen molar-refractivity contribution in [1.29, 1.82) is 0 Å². The van der Waals surface area contributed by atoms with E-state index < -0.39 is 5.54 Å².